The molecule has 3 heteroatoms. The molecule has 0 aliphatic heterocycles. The van der Waals surface area contributed by atoms with Gasteiger partial charge in [-0.2, -0.15) is 0 Å². The Hall–Kier alpha value is -1.74. The summed E-state index contributed by atoms with van der Waals surface area (Å²) in [4.78, 5) is 4.03. The van der Waals surface area contributed by atoms with Crippen molar-refractivity contribution in [2.75, 3.05) is 6.61 Å². The molecule has 0 aliphatic rings. The van der Waals surface area contributed by atoms with Crippen molar-refractivity contribution in [2.24, 2.45) is 0 Å². The molecule has 2 aromatic rings. The molecular formula is C16H18FNO. The zero-order valence-corrected chi connectivity index (χ0v) is 10.9. The monoisotopic (exact) mass is 259 g/mol. The minimum Gasteiger partial charge on any atom is -0.377 e. The van der Waals surface area contributed by atoms with Gasteiger partial charge in [0.15, 0.2) is 0 Å². The maximum atomic E-state index is 12.7. The van der Waals surface area contributed by atoms with E-state index in [0.29, 0.717) is 6.61 Å². The molecule has 0 spiro atoms. The van der Waals surface area contributed by atoms with E-state index in [9.17, 15) is 4.39 Å². The molecule has 1 heterocycles. The summed E-state index contributed by atoms with van der Waals surface area (Å²) in [5.74, 6) is -0.282. The molecule has 2 rings (SSSR count). The van der Waals surface area contributed by atoms with Crippen molar-refractivity contribution in [1.82, 2.24) is 4.98 Å². The van der Waals surface area contributed by atoms with Crippen LogP contribution in [0.4, 0.5) is 4.39 Å². The van der Waals surface area contributed by atoms with Crippen molar-refractivity contribution in [3.05, 3.63) is 65.7 Å². The molecule has 2 nitrogen and oxygen atoms in total. The molecule has 0 unspecified atom stereocenters. The fourth-order valence-corrected chi connectivity index (χ4v) is 1.83. The van der Waals surface area contributed by atoms with Crippen LogP contribution in [0.25, 0.3) is 0 Å². The molecule has 0 saturated heterocycles. The number of hydrogen-bond acceptors (Lipinski definition) is 2. The van der Waals surface area contributed by atoms with Gasteiger partial charge in [0, 0.05) is 12.3 Å². The van der Waals surface area contributed by atoms with Gasteiger partial charge in [-0.3, -0.25) is 4.98 Å². The fraction of sp³-hybridized carbons (Fsp3) is 0.312. The van der Waals surface area contributed by atoms with Gasteiger partial charge in [-0.1, -0.05) is 30.3 Å². The standard InChI is InChI=1S/C16H18FNO/c17-15-9-10-16(18-12-15)8-4-5-11-19-13-14-6-2-1-3-7-14/h1-3,6-7,9-10,12H,4-5,8,11,13H2. The molecule has 0 saturated carbocycles. The SMILES string of the molecule is Fc1ccc(CCCCOCc2ccccc2)nc1. The Morgan fingerprint density at radius 2 is 1.84 bits per heavy atom. The Balaban J connectivity index is 1.56. The first-order chi connectivity index (χ1) is 9.34. The lowest BCUT2D eigenvalue weighted by molar-refractivity contribution is 0.117. The average molecular weight is 259 g/mol. The van der Waals surface area contributed by atoms with Gasteiger partial charge < -0.3 is 4.74 Å². The minimum atomic E-state index is -0.282. The van der Waals surface area contributed by atoms with Crippen LogP contribution in [-0.4, -0.2) is 11.6 Å². The van der Waals surface area contributed by atoms with E-state index in [-0.39, 0.29) is 5.82 Å². The van der Waals surface area contributed by atoms with Crippen LogP contribution in [0.5, 0.6) is 0 Å². The first-order valence-corrected chi connectivity index (χ1v) is 6.57. The summed E-state index contributed by atoms with van der Waals surface area (Å²) < 4.78 is 18.3. The predicted octanol–water partition coefficient (Wildman–Crippen LogP) is 3.76. The molecule has 1 aromatic carbocycles. The highest BCUT2D eigenvalue weighted by molar-refractivity contribution is 5.13. The summed E-state index contributed by atoms with van der Waals surface area (Å²) in [7, 11) is 0. The molecule has 0 radical (unpaired) electrons. The Kier molecular flexibility index (Phi) is 5.50. The first-order valence-electron chi connectivity index (χ1n) is 6.57. The summed E-state index contributed by atoms with van der Waals surface area (Å²) in [6.45, 7) is 1.41. The second-order valence-electron chi connectivity index (χ2n) is 4.46. The maximum absolute atomic E-state index is 12.7. The quantitative estimate of drug-likeness (QED) is 0.706. The molecule has 0 fully saturated rings. The highest BCUT2D eigenvalue weighted by Crippen LogP contribution is 2.05. The largest absolute Gasteiger partial charge is 0.377 e. The van der Waals surface area contributed by atoms with Crippen molar-refractivity contribution in [3.8, 4) is 0 Å². The Morgan fingerprint density at radius 1 is 1.00 bits per heavy atom. The van der Waals surface area contributed by atoms with Crippen LogP contribution in [0, 0.1) is 5.82 Å². The Morgan fingerprint density at radius 3 is 2.58 bits per heavy atom. The van der Waals surface area contributed by atoms with E-state index in [1.165, 1.54) is 17.8 Å². The molecule has 19 heavy (non-hydrogen) atoms. The summed E-state index contributed by atoms with van der Waals surface area (Å²) in [6, 6.07) is 13.3. The molecule has 1 aromatic heterocycles. The number of rotatable bonds is 7. The van der Waals surface area contributed by atoms with Gasteiger partial charge in [-0.15, -0.1) is 0 Å². The molecule has 0 N–H and O–H groups in total. The van der Waals surface area contributed by atoms with E-state index >= 15 is 0 Å². The van der Waals surface area contributed by atoms with E-state index in [1.54, 1.807) is 6.07 Å². The first kappa shape index (κ1) is 13.7. The second-order valence-corrected chi connectivity index (χ2v) is 4.46. The van der Waals surface area contributed by atoms with E-state index in [4.69, 9.17) is 4.74 Å². The number of benzene rings is 1. The third kappa shape index (κ3) is 5.18. The zero-order chi connectivity index (χ0) is 13.3. The maximum Gasteiger partial charge on any atom is 0.141 e. The Labute approximate surface area is 113 Å². The number of aromatic nitrogens is 1. The normalized spacial score (nSPS) is 10.6. The van der Waals surface area contributed by atoms with E-state index in [2.05, 4.69) is 17.1 Å². The van der Waals surface area contributed by atoms with Crippen LogP contribution in [0.2, 0.25) is 0 Å². The fourth-order valence-electron chi connectivity index (χ4n) is 1.83. The van der Waals surface area contributed by atoms with E-state index in [0.717, 1.165) is 31.6 Å². The van der Waals surface area contributed by atoms with Crippen molar-refractivity contribution in [1.29, 1.82) is 0 Å². The Bertz CT molecular complexity index is 470. The lowest BCUT2D eigenvalue weighted by atomic mass is 10.2. The summed E-state index contributed by atoms with van der Waals surface area (Å²) in [5.41, 5.74) is 2.13. The molecular weight excluding hydrogens is 241 g/mol. The van der Waals surface area contributed by atoms with Crippen LogP contribution in [0.15, 0.2) is 48.7 Å². The van der Waals surface area contributed by atoms with Crippen LogP contribution in [0.1, 0.15) is 24.1 Å². The van der Waals surface area contributed by atoms with Crippen LogP contribution >= 0.6 is 0 Å². The second kappa shape index (κ2) is 7.64. The summed E-state index contributed by atoms with van der Waals surface area (Å²) in [6.07, 6.45) is 4.13. The van der Waals surface area contributed by atoms with Crippen LogP contribution in [0.3, 0.4) is 0 Å². The molecule has 0 atom stereocenters. The number of nitrogens with zero attached hydrogens (tertiary/aromatic N) is 1. The van der Waals surface area contributed by atoms with Gasteiger partial charge in [-0.25, -0.2) is 4.39 Å². The van der Waals surface area contributed by atoms with Crippen LogP contribution in [-0.2, 0) is 17.8 Å². The molecule has 0 bridgehead atoms. The third-order valence-corrected chi connectivity index (χ3v) is 2.87. The van der Waals surface area contributed by atoms with Gasteiger partial charge in [0.2, 0.25) is 0 Å². The number of aryl methyl sites for hydroxylation is 1. The number of hydrogen-bond donors (Lipinski definition) is 0. The summed E-state index contributed by atoms with van der Waals surface area (Å²) in [5, 5.41) is 0. The minimum absolute atomic E-state index is 0.282. The molecule has 0 aliphatic carbocycles. The van der Waals surface area contributed by atoms with Gasteiger partial charge in [-0.05, 0) is 37.0 Å². The average Bonchev–Trinajstić information content (AvgIpc) is 2.46. The van der Waals surface area contributed by atoms with Gasteiger partial charge >= 0.3 is 0 Å². The van der Waals surface area contributed by atoms with E-state index in [1.807, 2.05) is 18.2 Å². The van der Waals surface area contributed by atoms with Gasteiger partial charge in [0.05, 0.1) is 12.8 Å². The number of unbranched alkanes of at least 4 members (excludes halogenated alkanes) is 1. The lowest BCUT2D eigenvalue weighted by Crippen LogP contribution is -1.97. The predicted molar refractivity (Wildman–Crippen MR) is 73.2 cm³/mol. The third-order valence-electron chi connectivity index (χ3n) is 2.87. The molecule has 0 amide bonds. The highest BCUT2D eigenvalue weighted by atomic mass is 19.1. The van der Waals surface area contributed by atoms with E-state index < -0.39 is 0 Å². The van der Waals surface area contributed by atoms with Gasteiger partial charge in [0.1, 0.15) is 5.82 Å². The van der Waals surface area contributed by atoms with Crippen LogP contribution < -0.4 is 0 Å². The van der Waals surface area contributed by atoms with Crippen molar-refractivity contribution in [3.63, 3.8) is 0 Å². The molecule has 100 valence electrons. The highest BCUT2D eigenvalue weighted by Gasteiger charge is 1.97. The van der Waals surface area contributed by atoms with Crippen molar-refractivity contribution >= 4 is 0 Å². The smallest absolute Gasteiger partial charge is 0.141 e. The number of halogens is 1. The van der Waals surface area contributed by atoms with Gasteiger partial charge in [0.25, 0.3) is 0 Å². The number of ether oxygens (including phenoxy) is 1. The topological polar surface area (TPSA) is 22.1 Å². The van der Waals surface area contributed by atoms with Crippen molar-refractivity contribution < 1.29 is 9.13 Å². The summed E-state index contributed by atoms with van der Waals surface area (Å²) >= 11 is 0. The van der Waals surface area contributed by atoms with Crippen molar-refractivity contribution in [2.45, 2.75) is 25.9 Å². The lowest BCUT2D eigenvalue weighted by Gasteiger charge is -2.04. The zero-order valence-electron chi connectivity index (χ0n) is 10.9. The number of pyridine rings is 1.